The van der Waals surface area contributed by atoms with Gasteiger partial charge >= 0.3 is 0 Å². The molecule has 2 saturated heterocycles. The summed E-state index contributed by atoms with van der Waals surface area (Å²) in [6.45, 7) is 1.30. The molecule has 0 bridgehead atoms. The number of ether oxygens (including phenoxy) is 1. The van der Waals surface area contributed by atoms with Crippen LogP contribution in [0.3, 0.4) is 0 Å². The smallest absolute Gasteiger partial charge is 0.252 e. The summed E-state index contributed by atoms with van der Waals surface area (Å²) in [4.78, 5) is 14.7. The van der Waals surface area contributed by atoms with Crippen molar-refractivity contribution < 1.29 is 9.53 Å². The van der Waals surface area contributed by atoms with E-state index in [4.69, 9.17) is 22.1 Å². The summed E-state index contributed by atoms with van der Waals surface area (Å²) in [6.07, 6.45) is 3.42. The van der Waals surface area contributed by atoms with Gasteiger partial charge in [0.25, 0.3) is 5.91 Å². The molecule has 3 rings (SSSR count). The van der Waals surface area contributed by atoms with Crippen LogP contribution in [0.25, 0.3) is 0 Å². The van der Waals surface area contributed by atoms with E-state index >= 15 is 0 Å². The van der Waals surface area contributed by atoms with Crippen LogP contribution in [-0.2, 0) is 9.53 Å². The fourth-order valence-electron chi connectivity index (χ4n) is 3.31. The largest absolute Gasteiger partial charge is 0.364 e. The monoisotopic (exact) mass is 308 g/mol. The van der Waals surface area contributed by atoms with Crippen LogP contribution >= 0.6 is 11.6 Å². The Hall–Kier alpha value is -1.10. The topological polar surface area (TPSA) is 55.6 Å². The standard InChI is InChI=1S/C16H21ClN2O2/c17-12-5-3-11(4-6-12)14-2-1-9-19(14)16(20)15-8-7-13(10-18)21-15/h3-6,13-15H,1-2,7-10,18H2/t13-,14?,15+/m1/s1. The fourth-order valence-corrected chi connectivity index (χ4v) is 3.43. The normalized spacial score (nSPS) is 29.0. The molecule has 2 aliphatic rings. The van der Waals surface area contributed by atoms with E-state index in [0.29, 0.717) is 6.54 Å². The minimum atomic E-state index is -0.313. The summed E-state index contributed by atoms with van der Waals surface area (Å²) in [5, 5.41) is 0.722. The maximum atomic E-state index is 12.7. The number of nitrogens with two attached hydrogens (primary N) is 1. The summed E-state index contributed by atoms with van der Waals surface area (Å²) in [5.41, 5.74) is 6.77. The van der Waals surface area contributed by atoms with Gasteiger partial charge in [0.1, 0.15) is 6.10 Å². The van der Waals surface area contributed by atoms with E-state index in [0.717, 1.165) is 42.8 Å². The van der Waals surface area contributed by atoms with Crippen molar-refractivity contribution in [2.45, 2.75) is 43.9 Å². The van der Waals surface area contributed by atoms with Gasteiger partial charge in [-0.2, -0.15) is 0 Å². The first-order valence-corrected chi connectivity index (χ1v) is 7.98. The van der Waals surface area contributed by atoms with Crippen molar-refractivity contribution in [3.63, 3.8) is 0 Å². The molecule has 0 saturated carbocycles. The average Bonchev–Trinajstić information content (AvgIpc) is 3.16. The fraction of sp³-hybridized carbons (Fsp3) is 0.562. The lowest BCUT2D eigenvalue weighted by Crippen LogP contribution is -2.39. The van der Waals surface area contributed by atoms with Gasteiger partial charge in [-0.3, -0.25) is 4.79 Å². The quantitative estimate of drug-likeness (QED) is 0.933. The minimum Gasteiger partial charge on any atom is -0.364 e. The molecule has 1 amide bonds. The highest BCUT2D eigenvalue weighted by Crippen LogP contribution is 2.34. The molecule has 114 valence electrons. The van der Waals surface area contributed by atoms with Gasteiger partial charge in [0, 0.05) is 18.1 Å². The van der Waals surface area contributed by atoms with Gasteiger partial charge in [-0.05, 0) is 43.4 Å². The Morgan fingerprint density at radius 2 is 2.05 bits per heavy atom. The molecule has 0 aliphatic carbocycles. The number of halogens is 1. The van der Waals surface area contributed by atoms with Gasteiger partial charge in [-0.25, -0.2) is 0 Å². The predicted octanol–water partition coefficient (Wildman–Crippen LogP) is 2.51. The highest BCUT2D eigenvalue weighted by atomic mass is 35.5. The van der Waals surface area contributed by atoms with Gasteiger partial charge < -0.3 is 15.4 Å². The van der Waals surface area contributed by atoms with E-state index in [9.17, 15) is 4.79 Å². The van der Waals surface area contributed by atoms with E-state index in [1.165, 1.54) is 0 Å². The number of amides is 1. The Morgan fingerprint density at radius 1 is 1.29 bits per heavy atom. The molecule has 5 heteroatoms. The molecule has 1 aromatic carbocycles. The minimum absolute atomic E-state index is 0.0375. The lowest BCUT2D eigenvalue weighted by Gasteiger charge is -2.27. The SMILES string of the molecule is NC[C@H]1CC[C@@H](C(=O)N2CCCC2c2ccc(Cl)cc2)O1. The number of likely N-dealkylation sites (tertiary alicyclic amines) is 1. The van der Waals surface area contributed by atoms with Crippen LogP contribution in [-0.4, -0.2) is 36.1 Å². The molecule has 4 nitrogen and oxygen atoms in total. The maximum Gasteiger partial charge on any atom is 0.252 e. The number of rotatable bonds is 3. The third-order valence-electron chi connectivity index (χ3n) is 4.44. The van der Waals surface area contributed by atoms with Crippen molar-refractivity contribution in [2.24, 2.45) is 5.73 Å². The van der Waals surface area contributed by atoms with Crippen LogP contribution in [0.4, 0.5) is 0 Å². The lowest BCUT2D eigenvalue weighted by molar-refractivity contribution is -0.143. The first-order chi connectivity index (χ1) is 10.2. The van der Waals surface area contributed by atoms with Crippen molar-refractivity contribution in [2.75, 3.05) is 13.1 Å². The van der Waals surface area contributed by atoms with Crippen LogP contribution < -0.4 is 5.73 Å². The second kappa shape index (κ2) is 6.34. The average molecular weight is 309 g/mol. The molecule has 2 heterocycles. The molecule has 21 heavy (non-hydrogen) atoms. The lowest BCUT2D eigenvalue weighted by atomic mass is 10.0. The number of carbonyl (C=O) groups is 1. The third kappa shape index (κ3) is 3.07. The van der Waals surface area contributed by atoms with Crippen LogP contribution in [0.15, 0.2) is 24.3 Å². The van der Waals surface area contributed by atoms with Gasteiger partial charge in [-0.15, -0.1) is 0 Å². The number of nitrogens with zero attached hydrogens (tertiary/aromatic N) is 1. The van der Waals surface area contributed by atoms with Gasteiger partial charge in [0.15, 0.2) is 0 Å². The highest BCUT2D eigenvalue weighted by Gasteiger charge is 2.37. The molecule has 0 spiro atoms. The molecule has 2 fully saturated rings. The van der Waals surface area contributed by atoms with Crippen molar-refractivity contribution in [1.29, 1.82) is 0 Å². The first-order valence-electron chi connectivity index (χ1n) is 7.60. The van der Waals surface area contributed by atoms with Crippen molar-refractivity contribution in [1.82, 2.24) is 4.90 Å². The molecule has 3 atom stereocenters. The zero-order valence-electron chi connectivity index (χ0n) is 12.0. The van der Waals surface area contributed by atoms with E-state index in [1.807, 2.05) is 29.2 Å². The number of hydrogen-bond donors (Lipinski definition) is 1. The summed E-state index contributed by atoms with van der Waals surface area (Å²) >= 11 is 5.94. The Bertz CT molecular complexity index is 506. The van der Waals surface area contributed by atoms with Crippen LogP contribution in [0.2, 0.25) is 5.02 Å². The highest BCUT2D eigenvalue weighted by molar-refractivity contribution is 6.30. The van der Waals surface area contributed by atoms with E-state index in [2.05, 4.69) is 0 Å². The second-order valence-electron chi connectivity index (χ2n) is 5.80. The summed E-state index contributed by atoms with van der Waals surface area (Å²) in [5.74, 6) is 0.114. The molecular formula is C16H21ClN2O2. The predicted molar refractivity (Wildman–Crippen MR) is 82.1 cm³/mol. The zero-order chi connectivity index (χ0) is 14.8. The molecule has 1 unspecified atom stereocenters. The number of hydrogen-bond acceptors (Lipinski definition) is 3. The Kier molecular flexibility index (Phi) is 4.48. The second-order valence-corrected chi connectivity index (χ2v) is 6.24. The number of benzene rings is 1. The molecule has 1 aromatic rings. The van der Waals surface area contributed by atoms with E-state index < -0.39 is 0 Å². The number of carbonyl (C=O) groups excluding carboxylic acids is 1. The Morgan fingerprint density at radius 3 is 2.71 bits per heavy atom. The van der Waals surface area contributed by atoms with Crippen LogP contribution in [0.5, 0.6) is 0 Å². The van der Waals surface area contributed by atoms with E-state index in [-0.39, 0.29) is 24.2 Å². The Labute approximate surface area is 130 Å². The van der Waals surface area contributed by atoms with Crippen LogP contribution in [0.1, 0.15) is 37.3 Å². The van der Waals surface area contributed by atoms with Gasteiger partial charge in [0.2, 0.25) is 0 Å². The molecule has 2 N–H and O–H groups in total. The molecule has 0 aromatic heterocycles. The summed E-state index contributed by atoms with van der Waals surface area (Å²) < 4.78 is 5.75. The van der Waals surface area contributed by atoms with Crippen molar-refractivity contribution in [3.05, 3.63) is 34.9 Å². The first kappa shape index (κ1) is 14.8. The van der Waals surface area contributed by atoms with Crippen molar-refractivity contribution in [3.8, 4) is 0 Å². The van der Waals surface area contributed by atoms with E-state index in [1.54, 1.807) is 0 Å². The third-order valence-corrected chi connectivity index (χ3v) is 4.69. The molecule has 0 radical (unpaired) electrons. The molecular weight excluding hydrogens is 288 g/mol. The maximum absolute atomic E-state index is 12.7. The van der Waals surface area contributed by atoms with Gasteiger partial charge in [0.05, 0.1) is 12.1 Å². The summed E-state index contributed by atoms with van der Waals surface area (Å²) in [7, 11) is 0. The Balaban J connectivity index is 1.72. The van der Waals surface area contributed by atoms with Crippen molar-refractivity contribution >= 4 is 17.5 Å². The summed E-state index contributed by atoms with van der Waals surface area (Å²) in [6, 6.07) is 7.94. The van der Waals surface area contributed by atoms with Gasteiger partial charge in [-0.1, -0.05) is 23.7 Å². The molecule has 2 aliphatic heterocycles. The zero-order valence-corrected chi connectivity index (χ0v) is 12.8. The van der Waals surface area contributed by atoms with Crippen LogP contribution in [0, 0.1) is 0 Å².